The van der Waals surface area contributed by atoms with Gasteiger partial charge in [0, 0.05) is 42.1 Å². The minimum absolute atomic E-state index is 0.0544. The number of para-hydroxylation sites is 1. The number of hydrogen-bond donors (Lipinski definition) is 1. The van der Waals surface area contributed by atoms with Crippen LogP contribution in [0.15, 0.2) is 34.8 Å². The second-order valence-corrected chi connectivity index (χ2v) is 7.31. The monoisotopic (exact) mass is 386 g/mol. The Hall–Kier alpha value is -1.04. The molecule has 0 aliphatic rings. The molecule has 0 spiro atoms. The van der Waals surface area contributed by atoms with E-state index in [2.05, 4.69) is 21.2 Å². The van der Waals surface area contributed by atoms with E-state index in [4.69, 9.17) is 11.6 Å². The first-order valence-electron chi connectivity index (χ1n) is 6.44. The number of halogens is 2. The average Bonchev–Trinajstić information content (AvgIpc) is 2.76. The molecule has 1 amide bonds. The maximum absolute atomic E-state index is 11.4. The number of nitrogens with zero attached hydrogens (tertiary/aromatic N) is 1. The first-order chi connectivity index (χ1) is 9.97. The van der Waals surface area contributed by atoms with E-state index in [9.17, 15) is 4.79 Å². The molecule has 0 saturated heterocycles. The fourth-order valence-corrected chi connectivity index (χ4v) is 3.59. The van der Waals surface area contributed by atoms with Crippen LogP contribution in [-0.2, 0) is 17.9 Å². The molecular weight excluding hydrogens is 372 g/mol. The molecule has 6 heteroatoms. The van der Waals surface area contributed by atoms with Crippen LogP contribution >= 0.6 is 38.9 Å². The van der Waals surface area contributed by atoms with Gasteiger partial charge in [-0.1, -0.05) is 29.8 Å². The summed E-state index contributed by atoms with van der Waals surface area (Å²) in [6.07, 6.45) is 0. The lowest BCUT2D eigenvalue weighted by atomic mass is 10.1. The Labute approximate surface area is 142 Å². The molecule has 0 unspecified atom stereocenters. The molecule has 0 aliphatic carbocycles. The summed E-state index contributed by atoms with van der Waals surface area (Å²) in [6, 6.07) is 10.0. The summed E-state index contributed by atoms with van der Waals surface area (Å²) in [5.41, 5.74) is 2.13. The highest BCUT2D eigenvalue weighted by Gasteiger charge is 2.09. The van der Waals surface area contributed by atoms with Crippen LogP contribution in [0.3, 0.4) is 0 Å². The van der Waals surface area contributed by atoms with Crippen LogP contribution in [0.4, 0.5) is 5.69 Å². The van der Waals surface area contributed by atoms with Gasteiger partial charge >= 0.3 is 0 Å². The lowest BCUT2D eigenvalue weighted by Gasteiger charge is -2.18. The van der Waals surface area contributed by atoms with Crippen LogP contribution in [-0.4, -0.2) is 17.9 Å². The Morgan fingerprint density at radius 2 is 2.14 bits per heavy atom. The van der Waals surface area contributed by atoms with Crippen molar-refractivity contribution in [2.75, 3.05) is 12.4 Å². The van der Waals surface area contributed by atoms with Crippen LogP contribution < -0.4 is 5.32 Å². The van der Waals surface area contributed by atoms with Gasteiger partial charge in [-0.3, -0.25) is 4.79 Å². The summed E-state index contributed by atoms with van der Waals surface area (Å²) in [6.45, 7) is 2.87. The van der Waals surface area contributed by atoms with Gasteiger partial charge in [-0.15, -0.1) is 11.3 Å². The Bertz CT molecular complexity index is 625. The van der Waals surface area contributed by atoms with Gasteiger partial charge in [0.2, 0.25) is 5.91 Å². The maximum atomic E-state index is 11.4. The first kappa shape index (κ1) is 16.3. The molecule has 0 aliphatic heterocycles. The Balaban J connectivity index is 2.07. The highest BCUT2D eigenvalue weighted by molar-refractivity contribution is 9.10. The second-order valence-electron chi connectivity index (χ2n) is 4.72. The van der Waals surface area contributed by atoms with Crippen molar-refractivity contribution < 1.29 is 4.79 Å². The summed E-state index contributed by atoms with van der Waals surface area (Å²) < 4.78 is 1.69. The molecule has 0 bridgehead atoms. The minimum atomic E-state index is 0.0544. The number of benzene rings is 1. The summed E-state index contributed by atoms with van der Waals surface area (Å²) in [4.78, 5) is 14.2. The highest BCUT2D eigenvalue weighted by atomic mass is 79.9. The van der Waals surface area contributed by atoms with Gasteiger partial charge < -0.3 is 10.2 Å². The van der Waals surface area contributed by atoms with E-state index in [1.54, 1.807) is 30.2 Å². The second kappa shape index (κ2) is 7.29. The molecule has 0 fully saturated rings. The predicted octanol–water partition coefficient (Wildman–Crippen LogP) is 4.75. The molecule has 2 aromatic rings. The fourth-order valence-electron chi connectivity index (χ4n) is 1.86. The van der Waals surface area contributed by atoms with Gasteiger partial charge in [0.1, 0.15) is 4.34 Å². The molecule has 0 saturated carbocycles. The third kappa shape index (κ3) is 4.46. The summed E-state index contributed by atoms with van der Waals surface area (Å²) in [5.74, 6) is 0.0544. The van der Waals surface area contributed by atoms with Gasteiger partial charge in [-0.25, -0.2) is 0 Å². The lowest BCUT2D eigenvalue weighted by Crippen LogP contribution is -2.23. The van der Waals surface area contributed by atoms with Gasteiger partial charge in [0.25, 0.3) is 0 Å². The van der Waals surface area contributed by atoms with Gasteiger partial charge in [-0.05, 0) is 33.6 Å². The minimum Gasteiger partial charge on any atom is -0.380 e. The number of amides is 1. The largest absolute Gasteiger partial charge is 0.380 e. The molecule has 3 nitrogen and oxygen atoms in total. The summed E-state index contributed by atoms with van der Waals surface area (Å²) >= 11 is 11.0. The number of rotatable bonds is 5. The lowest BCUT2D eigenvalue weighted by molar-refractivity contribution is -0.128. The van der Waals surface area contributed by atoms with Crippen LogP contribution in [0.25, 0.3) is 0 Å². The van der Waals surface area contributed by atoms with Crippen LogP contribution in [0, 0.1) is 0 Å². The van der Waals surface area contributed by atoms with E-state index in [-0.39, 0.29) is 5.91 Å². The Kier molecular flexibility index (Phi) is 5.67. The zero-order chi connectivity index (χ0) is 15.4. The smallest absolute Gasteiger partial charge is 0.219 e. The van der Waals surface area contributed by atoms with Crippen LogP contribution in [0.1, 0.15) is 17.4 Å². The highest BCUT2D eigenvalue weighted by Crippen LogP contribution is 2.32. The molecule has 112 valence electrons. The molecule has 1 aromatic carbocycles. The molecule has 2 rings (SSSR count). The number of anilines is 1. The zero-order valence-electron chi connectivity index (χ0n) is 11.8. The van der Waals surface area contributed by atoms with Gasteiger partial charge in [0.05, 0.1) is 0 Å². The first-order valence-corrected chi connectivity index (χ1v) is 8.43. The molecule has 0 radical (unpaired) electrons. The van der Waals surface area contributed by atoms with Crippen molar-refractivity contribution in [3.05, 3.63) is 49.6 Å². The maximum Gasteiger partial charge on any atom is 0.219 e. The van der Waals surface area contributed by atoms with Crippen LogP contribution in [0.2, 0.25) is 4.34 Å². The van der Waals surface area contributed by atoms with Crippen LogP contribution in [0.5, 0.6) is 0 Å². The van der Waals surface area contributed by atoms with Crippen molar-refractivity contribution in [3.8, 4) is 0 Å². The standard InChI is InChI=1S/C15H16BrClN2OS/c1-10(20)19(2)9-11-5-3-4-6-14(11)18-8-12-7-13(16)15(17)21-12/h3-7,18H,8-9H2,1-2H3. The van der Waals surface area contributed by atoms with Crippen molar-refractivity contribution in [2.45, 2.75) is 20.0 Å². The number of carbonyl (C=O) groups excluding carboxylic acids is 1. The van der Waals surface area contributed by atoms with Gasteiger partial charge in [0.15, 0.2) is 0 Å². The fraction of sp³-hybridized carbons (Fsp3) is 0.267. The number of hydrogen-bond acceptors (Lipinski definition) is 3. The Morgan fingerprint density at radius 3 is 2.76 bits per heavy atom. The summed E-state index contributed by atoms with van der Waals surface area (Å²) in [7, 11) is 1.80. The van der Waals surface area contributed by atoms with E-state index in [0.29, 0.717) is 13.1 Å². The van der Waals surface area contributed by atoms with Crippen molar-refractivity contribution in [1.29, 1.82) is 0 Å². The SMILES string of the molecule is CC(=O)N(C)Cc1ccccc1NCc1cc(Br)c(Cl)s1. The van der Waals surface area contributed by atoms with E-state index < -0.39 is 0 Å². The molecule has 1 aromatic heterocycles. The topological polar surface area (TPSA) is 32.3 Å². The zero-order valence-corrected chi connectivity index (χ0v) is 15.0. The van der Waals surface area contributed by atoms with E-state index in [1.165, 1.54) is 0 Å². The molecular formula is C15H16BrClN2OS. The molecule has 1 N–H and O–H groups in total. The normalized spacial score (nSPS) is 10.5. The Morgan fingerprint density at radius 1 is 1.43 bits per heavy atom. The molecule has 1 heterocycles. The van der Waals surface area contributed by atoms with Crippen molar-refractivity contribution in [3.63, 3.8) is 0 Å². The molecule has 0 atom stereocenters. The number of thiophene rings is 1. The molecule has 21 heavy (non-hydrogen) atoms. The quantitative estimate of drug-likeness (QED) is 0.802. The van der Waals surface area contributed by atoms with E-state index in [1.807, 2.05) is 30.3 Å². The summed E-state index contributed by atoms with van der Waals surface area (Å²) in [5, 5.41) is 3.41. The van der Waals surface area contributed by atoms with Crippen molar-refractivity contribution in [2.24, 2.45) is 0 Å². The van der Waals surface area contributed by atoms with Gasteiger partial charge in [-0.2, -0.15) is 0 Å². The predicted molar refractivity (Wildman–Crippen MR) is 92.9 cm³/mol. The van der Waals surface area contributed by atoms with E-state index in [0.717, 1.165) is 24.9 Å². The van der Waals surface area contributed by atoms with Crippen molar-refractivity contribution in [1.82, 2.24) is 4.90 Å². The van der Waals surface area contributed by atoms with Crippen molar-refractivity contribution >= 4 is 50.5 Å². The number of carbonyl (C=O) groups is 1. The third-order valence-corrected chi connectivity index (χ3v) is 5.59. The third-order valence-electron chi connectivity index (χ3n) is 3.11. The van der Waals surface area contributed by atoms with E-state index >= 15 is 0 Å². The average molecular weight is 388 g/mol. The number of nitrogens with one attached hydrogen (secondary N) is 1.